The van der Waals surface area contributed by atoms with Crippen LogP contribution in [-0.2, 0) is 4.79 Å². The van der Waals surface area contributed by atoms with E-state index in [1.807, 2.05) is 0 Å². The van der Waals surface area contributed by atoms with Crippen LogP contribution in [0.25, 0.3) is 0 Å². The monoisotopic (exact) mass is 264 g/mol. The second kappa shape index (κ2) is 4.46. The molecule has 0 aromatic heterocycles. The highest BCUT2D eigenvalue weighted by molar-refractivity contribution is 5.97. The van der Waals surface area contributed by atoms with E-state index < -0.39 is 11.3 Å². The Kier molecular flexibility index (Phi) is 3.09. The van der Waals surface area contributed by atoms with Gasteiger partial charge < -0.3 is 20.8 Å². The number of aromatic hydroxyl groups is 2. The Balaban J connectivity index is 2.20. The van der Waals surface area contributed by atoms with E-state index in [9.17, 15) is 19.8 Å². The van der Waals surface area contributed by atoms with E-state index in [2.05, 4.69) is 0 Å². The maximum absolute atomic E-state index is 12.2. The number of likely N-dealkylation sites (tertiary alicyclic amines) is 1. The van der Waals surface area contributed by atoms with E-state index in [0.717, 1.165) is 6.07 Å². The molecule has 1 aromatic rings. The first-order valence-corrected chi connectivity index (χ1v) is 5.95. The zero-order valence-corrected chi connectivity index (χ0v) is 10.6. The normalized spacial score (nSPS) is 22.5. The molecule has 1 heterocycles. The fourth-order valence-electron chi connectivity index (χ4n) is 2.21. The standard InChI is InChI=1S/C13H16N2O4/c1-13(12(14)19)4-5-15(7-13)11(18)9-3-2-8(16)6-10(9)17/h2-3,6,16-17H,4-5,7H2,1H3,(H2,14,19). The lowest BCUT2D eigenvalue weighted by molar-refractivity contribution is -0.126. The van der Waals surface area contributed by atoms with Crippen molar-refractivity contribution in [2.75, 3.05) is 13.1 Å². The van der Waals surface area contributed by atoms with Gasteiger partial charge in [0.15, 0.2) is 0 Å². The highest BCUT2D eigenvalue weighted by atomic mass is 16.3. The first kappa shape index (κ1) is 13.2. The van der Waals surface area contributed by atoms with Gasteiger partial charge in [0.25, 0.3) is 5.91 Å². The summed E-state index contributed by atoms with van der Waals surface area (Å²) in [5.74, 6) is -1.20. The number of nitrogens with zero attached hydrogens (tertiary/aromatic N) is 1. The Bertz CT molecular complexity index is 543. The van der Waals surface area contributed by atoms with Crippen LogP contribution in [0.4, 0.5) is 0 Å². The zero-order valence-electron chi connectivity index (χ0n) is 10.6. The summed E-state index contributed by atoms with van der Waals surface area (Å²) in [5, 5.41) is 18.9. The molecule has 6 heteroatoms. The van der Waals surface area contributed by atoms with E-state index in [1.54, 1.807) is 6.92 Å². The number of benzene rings is 1. The Morgan fingerprint density at radius 2 is 2.05 bits per heavy atom. The number of hydrogen-bond acceptors (Lipinski definition) is 4. The van der Waals surface area contributed by atoms with Crippen molar-refractivity contribution in [3.63, 3.8) is 0 Å². The quantitative estimate of drug-likeness (QED) is 0.720. The number of nitrogens with two attached hydrogens (primary N) is 1. The molecular formula is C13H16N2O4. The van der Waals surface area contributed by atoms with Gasteiger partial charge in [0.05, 0.1) is 11.0 Å². The highest BCUT2D eigenvalue weighted by Gasteiger charge is 2.41. The molecule has 1 fully saturated rings. The van der Waals surface area contributed by atoms with Crippen LogP contribution in [0.2, 0.25) is 0 Å². The summed E-state index contributed by atoms with van der Waals surface area (Å²) in [6.45, 7) is 2.37. The molecule has 0 saturated carbocycles. The lowest BCUT2D eigenvalue weighted by Gasteiger charge is -2.21. The highest BCUT2D eigenvalue weighted by Crippen LogP contribution is 2.32. The van der Waals surface area contributed by atoms with E-state index in [-0.39, 0.29) is 29.5 Å². The molecule has 1 aliphatic heterocycles. The Hall–Kier alpha value is -2.24. The molecule has 1 unspecified atom stereocenters. The van der Waals surface area contributed by atoms with Crippen molar-refractivity contribution in [3.8, 4) is 11.5 Å². The first-order chi connectivity index (χ1) is 8.83. The summed E-state index contributed by atoms with van der Waals surface area (Å²) >= 11 is 0. The van der Waals surface area contributed by atoms with Crippen molar-refractivity contribution in [2.24, 2.45) is 11.1 Å². The van der Waals surface area contributed by atoms with Crippen LogP contribution >= 0.6 is 0 Å². The Morgan fingerprint density at radius 3 is 2.58 bits per heavy atom. The molecule has 0 bridgehead atoms. The summed E-state index contributed by atoms with van der Waals surface area (Å²) < 4.78 is 0. The van der Waals surface area contributed by atoms with E-state index in [0.29, 0.717) is 13.0 Å². The van der Waals surface area contributed by atoms with Gasteiger partial charge >= 0.3 is 0 Å². The Morgan fingerprint density at radius 1 is 1.37 bits per heavy atom. The molecule has 4 N–H and O–H groups in total. The van der Waals surface area contributed by atoms with Crippen LogP contribution in [0.1, 0.15) is 23.7 Å². The van der Waals surface area contributed by atoms with Crippen molar-refractivity contribution >= 4 is 11.8 Å². The SMILES string of the molecule is CC1(C(N)=O)CCN(C(=O)c2ccc(O)cc2O)C1. The van der Waals surface area contributed by atoms with Gasteiger partial charge in [-0.3, -0.25) is 9.59 Å². The van der Waals surface area contributed by atoms with Gasteiger partial charge in [0.1, 0.15) is 11.5 Å². The van der Waals surface area contributed by atoms with Crippen LogP contribution in [0.15, 0.2) is 18.2 Å². The maximum Gasteiger partial charge on any atom is 0.257 e. The van der Waals surface area contributed by atoms with Gasteiger partial charge in [-0.2, -0.15) is 0 Å². The number of phenols is 2. The van der Waals surface area contributed by atoms with Gasteiger partial charge in [-0.05, 0) is 25.5 Å². The minimum absolute atomic E-state index is 0.103. The molecule has 102 valence electrons. The van der Waals surface area contributed by atoms with Crippen molar-refractivity contribution in [1.29, 1.82) is 0 Å². The number of carbonyl (C=O) groups excluding carboxylic acids is 2. The lowest BCUT2D eigenvalue weighted by Crippen LogP contribution is -2.38. The molecule has 2 amide bonds. The average Bonchev–Trinajstić information content (AvgIpc) is 2.73. The number of amides is 2. The Labute approximate surface area is 110 Å². The third kappa shape index (κ3) is 2.33. The molecule has 1 saturated heterocycles. The average molecular weight is 264 g/mol. The molecule has 1 aliphatic rings. The second-order valence-corrected chi connectivity index (χ2v) is 5.10. The fourth-order valence-corrected chi connectivity index (χ4v) is 2.21. The smallest absolute Gasteiger partial charge is 0.257 e. The topological polar surface area (TPSA) is 104 Å². The predicted octanol–water partition coefficient (Wildman–Crippen LogP) is 0.435. The van der Waals surface area contributed by atoms with Gasteiger partial charge in [0, 0.05) is 19.2 Å². The van der Waals surface area contributed by atoms with Gasteiger partial charge in [-0.25, -0.2) is 0 Å². The lowest BCUT2D eigenvalue weighted by atomic mass is 9.89. The fraction of sp³-hybridized carbons (Fsp3) is 0.385. The van der Waals surface area contributed by atoms with Crippen LogP contribution in [0.5, 0.6) is 11.5 Å². The number of carbonyl (C=O) groups is 2. The van der Waals surface area contributed by atoms with Gasteiger partial charge in [0.2, 0.25) is 5.91 Å². The maximum atomic E-state index is 12.2. The summed E-state index contributed by atoms with van der Waals surface area (Å²) in [6.07, 6.45) is 0.507. The van der Waals surface area contributed by atoms with Crippen LogP contribution in [0.3, 0.4) is 0 Å². The van der Waals surface area contributed by atoms with Gasteiger partial charge in [-0.15, -0.1) is 0 Å². The molecule has 0 aliphatic carbocycles. The van der Waals surface area contributed by atoms with Crippen LogP contribution < -0.4 is 5.73 Å². The first-order valence-electron chi connectivity index (χ1n) is 5.95. The number of primary amides is 1. The molecule has 2 rings (SSSR count). The summed E-state index contributed by atoms with van der Waals surface area (Å²) in [4.78, 5) is 25.0. The summed E-state index contributed by atoms with van der Waals surface area (Å²) in [6, 6.07) is 3.79. The molecule has 0 spiro atoms. The summed E-state index contributed by atoms with van der Waals surface area (Å²) in [5.41, 5.74) is 4.71. The van der Waals surface area contributed by atoms with Crippen molar-refractivity contribution in [1.82, 2.24) is 4.90 Å². The number of hydrogen-bond donors (Lipinski definition) is 3. The third-order valence-corrected chi connectivity index (χ3v) is 3.57. The molecule has 6 nitrogen and oxygen atoms in total. The molecule has 0 radical (unpaired) electrons. The minimum atomic E-state index is -0.720. The molecule has 1 aromatic carbocycles. The van der Waals surface area contributed by atoms with E-state index >= 15 is 0 Å². The largest absolute Gasteiger partial charge is 0.508 e. The molecule has 19 heavy (non-hydrogen) atoms. The second-order valence-electron chi connectivity index (χ2n) is 5.10. The van der Waals surface area contributed by atoms with E-state index in [4.69, 9.17) is 5.73 Å². The van der Waals surface area contributed by atoms with Crippen molar-refractivity contribution in [2.45, 2.75) is 13.3 Å². The van der Waals surface area contributed by atoms with Crippen molar-refractivity contribution in [3.05, 3.63) is 23.8 Å². The zero-order chi connectivity index (χ0) is 14.2. The van der Waals surface area contributed by atoms with E-state index in [1.165, 1.54) is 17.0 Å². The summed E-state index contributed by atoms with van der Waals surface area (Å²) in [7, 11) is 0. The number of phenolic OH excluding ortho intramolecular Hbond substituents is 2. The predicted molar refractivity (Wildman–Crippen MR) is 67.6 cm³/mol. The van der Waals surface area contributed by atoms with Gasteiger partial charge in [-0.1, -0.05) is 0 Å². The van der Waals surface area contributed by atoms with Crippen molar-refractivity contribution < 1.29 is 19.8 Å². The minimum Gasteiger partial charge on any atom is -0.508 e. The number of rotatable bonds is 2. The van der Waals surface area contributed by atoms with Crippen LogP contribution in [0, 0.1) is 5.41 Å². The molecule has 1 atom stereocenters. The third-order valence-electron chi connectivity index (χ3n) is 3.57. The van der Waals surface area contributed by atoms with Crippen LogP contribution in [-0.4, -0.2) is 40.0 Å². The molecular weight excluding hydrogens is 248 g/mol.